The van der Waals surface area contributed by atoms with Crippen molar-refractivity contribution in [3.05, 3.63) is 123 Å². The van der Waals surface area contributed by atoms with Crippen LogP contribution in [-0.4, -0.2) is 109 Å². The van der Waals surface area contributed by atoms with Gasteiger partial charge >= 0.3 is 138 Å². The van der Waals surface area contributed by atoms with Crippen molar-refractivity contribution in [2.24, 2.45) is 0 Å². The van der Waals surface area contributed by atoms with Crippen molar-refractivity contribution >= 4 is 12.3 Å². The number of methoxy groups -OCH3 is 1. The van der Waals surface area contributed by atoms with E-state index >= 15 is 0 Å². The molecule has 0 radical (unpaired) electrons. The Bertz CT molecular complexity index is 1820. The molecule has 12 nitrogen and oxygen atoms in total. The minimum absolute atomic E-state index is 0. The van der Waals surface area contributed by atoms with Crippen LogP contribution in [-0.2, 0) is 45.2 Å². The van der Waals surface area contributed by atoms with Crippen LogP contribution in [0.15, 0.2) is 72.8 Å². The standard InChI is InChI=1S/C43H49O11.2Cs.H2O/c1-30-4-9-36-37-10-5-31(2)25-40(37)43(39(36)24-30,34-7-6-32(33(26-34)28-45)29-53-21-20-51-17-16-49-13-12-44)35-8-11-41(38(27-35)42(46)47)54-23-22-52-19-18-50-15-14-48-3;;;/h4-11,24-27,44H,12-23,29H2,1-3H3,(H,46,47);;;1H2/q-1;2*+1;/p-2. The number of hydrogen-bond acceptors (Lipinski definition) is 12. The van der Waals surface area contributed by atoms with Gasteiger partial charge in [-0.25, -0.2) is 0 Å². The normalized spacial score (nSPS) is 12.1. The number of carboxylic acid groups (broad SMARTS) is 1. The van der Waals surface area contributed by atoms with Crippen LogP contribution >= 0.6 is 0 Å². The first kappa shape index (κ1) is 52.7. The average molecular weight is 1020 g/mol. The summed E-state index contributed by atoms with van der Waals surface area (Å²) in [6.45, 7) is 7.94. The Morgan fingerprint density at radius 2 is 1.18 bits per heavy atom. The van der Waals surface area contributed by atoms with Crippen LogP contribution in [0.4, 0.5) is 0 Å². The molecule has 4 aromatic rings. The van der Waals surface area contributed by atoms with Crippen LogP contribution in [0.1, 0.15) is 54.9 Å². The number of benzene rings is 4. The summed E-state index contributed by atoms with van der Waals surface area (Å²) in [5.74, 6) is -1.21. The van der Waals surface area contributed by atoms with E-state index in [1.54, 1.807) is 19.2 Å². The number of aliphatic hydroxyl groups is 1. The zero-order valence-electron chi connectivity index (χ0n) is 33.6. The van der Waals surface area contributed by atoms with Crippen LogP contribution in [0.5, 0.6) is 5.75 Å². The monoisotopic (exact) mass is 1020 g/mol. The molecule has 4 aromatic carbocycles. The van der Waals surface area contributed by atoms with Crippen LogP contribution in [0, 0.1) is 13.8 Å². The molecule has 0 fully saturated rings. The van der Waals surface area contributed by atoms with Gasteiger partial charge < -0.3 is 58.4 Å². The molecule has 5 rings (SSSR count). The topological polar surface area (TPSA) is 172 Å². The molecule has 1 aliphatic rings. The van der Waals surface area contributed by atoms with Crippen LogP contribution in [0.25, 0.3) is 11.1 Å². The summed E-state index contributed by atoms with van der Waals surface area (Å²) < 4.78 is 38.4. The number of aryl methyl sites for hydroxylation is 2. The summed E-state index contributed by atoms with van der Waals surface area (Å²) in [7, 11) is 1.61. The first-order chi connectivity index (χ1) is 26.3. The van der Waals surface area contributed by atoms with Gasteiger partial charge in [0.15, 0.2) is 0 Å². The molecule has 0 unspecified atom stereocenters. The second kappa shape index (κ2) is 27.5. The molecule has 0 amide bonds. The number of rotatable bonds is 24. The average Bonchev–Trinajstić information content (AvgIpc) is 3.45. The van der Waals surface area contributed by atoms with Gasteiger partial charge in [-0.1, -0.05) is 65.2 Å². The minimum Gasteiger partial charge on any atom is -0.870 e. The fourth-order valence-electron chi connectivity index (χ4n) is 6.78. The number of fused-ring (bicyclic) bond motifs is 3. The quantitative estimate of drug-likeness (QED) is 0.0530. The molecule has 0 saturated heterocycles. The summed E-state index contributed by atoms with van der Waals surface area (Å²) in [4.78, 5) is 25.3. The number of aliphatic hydroxyl groups excluding tert-OH is 1. The van der Waals surface area contributed by atoms with Crippen molar-refractivity contribution in [1.29, 1.82) is 0 Å². The third kappa shape index (κ3) is 13.8. The number of hydrogen-bond donors (Lipinski definition) is 1. The molecule has 0 bridgehead atoms. The first-order valence-electron chi connectivity index (χ1n) is 18.1. The fraction of sp³-hybridized carbons (Fsp3) is 0.395. The number of carbonyl (C=O) groups is 1. The summed E-state index contributed by atoms with van der Waals surface area (Å²) in [6.07, 6.45) is 2.12. The van der Waals surface area contributed by atoms with Crippen molar-refractivity contribution in [3.8, 4) is 16.9 Å². The number of ether oxygens (including phenoxy) is 7. The number of aromatic carboxylic acids is 1. The van der Waals surface area contributed by atoms with Gasteiger partial charge in [0.05, 0.1) is 90.3 Å². The van der Waals surface area contributed by atoms with Crippen molar-refractivity contribution in [3.63, 3.8) is 0 Å². The molecular weight excluding hydrogens is 974 g/mol. The molecule has 14 heteroatoms. The van der Waals surface area contributed by atoms with Gasteiger partial charge in [-0.2, -0.15) is 6.07 Å². The van der Waals surface area contributed by atoms with Gasteiger partial charge in [-0.05, 0) is 53.8 Å². The Kier molecular flexibility index (Phi) is 25.5. The summed E-state index contributed by atoms with van der Waals surface area (Å²) in [6, 6.07) is 23.4. The third-order valence-electron chi connectivity index (χ3n) is 9.26. The molecular formula is C43H49Cs2O12-. The Labute approximate surface area is 452 Å². The molecule has 0 spiro atoms. The second-order valence-corrected chi connectivity index (χ2v) is 12.9. The van der Waals surface area contributed by atoms with E-state index in [4.69, 9.17) is 38.3 Å². The van der Waals surface area contributed by atoms with Gasteiger partial charge in [-0.3, -0.25) is 0 Å². The number of carboxylic acids is 1. The predicted octanol–water partition coefficient (Wildman–Crippen LogP) is -2.08. The van der Waals surface area contributed by atoms with Crippen LogP contribution < -0.4 is 148 Å². The SMILES string of the molecule is COCCOCCOCCOc1ccc(C2(c3ccc(COCCOCCOCCO)c([C-]=O)c3)c3cc(C)ccc3-c3ccc(C)cc32)cc1C(=O)[O-].[Cs+].[Cs+].[OH-]. The van der Waals surface area contributed by atoms with Gasteiger partial charge in [0.2, 0.25) is 0 Å². The largest absolute Gasteiger partial charge is 1.00 e. The summed E-state index contributed by atoms with van der Waals surface area (Å²) in [5.41, 5.74) is 7.35. The van der Waals surface area contributed by atoms with E-state index in [2.05, 4.69) is 42.7 Å². The van der Waals surface area contributed by atoms with E-state index in [0.29, 0.717) is 69.5 Å². The molecule has 0 aromatic heterocycles. The fourth-order valence-corrected chi connectivity index (χ4v) is 6.78. The smallest absolute Gasteiger partial charge is 0.870 e. The molecule has 0 aliphatic heterocycles. The number of carbonyl (C=O) groups excluding carboxylic acids is 2. The van der Waals surface area contributed by atoms with E-state index in [9.17, 15) is 14.7 Å². The van der Waals surface area contributed by atoms with E-state index in [1.807, 2.05) is 38.1 Å². The maximum absolute atomic E-state index is 12.7. The molecule has 296 valence electrons. The third-order valence-corrected chi connectivity index (χ3v) is 9.26. The Balaban J connectivity index is 0.00000374. The van der Waals surface area contributed by atoms with Crippen molar-refractivity contribution < 1.29 is 196 Å². The molecule has 1 aliphatic carbocycles. The zero-order chi connectivity index (χ0) is 38.3. The second-order valence-electron chi connectivity index (χ2n) is 12.9. The van der Waals surface area contributed by atoms with E-state index in [1.165, 1.54) is 0 Å². The zero-order valence-corrected chi connectivity index (χ0v) is 46.2. The predicted molar refractivity (Wildman–Crippen MR) is 202 cm³/mol. The molecule has 0 atom stereocenters. The van der Waals surface area contributed by atoms with Crippen molar-refractivity contribution in [1.82, 2.24) is 0 Å². The minimum atomic E-state index is -1.38. The summed E-state index contributed by atoms with van der Waals surface area (Å²) >= 11 is 0. The van der Waals surface area contributed by atoms with E-state index in [0.717, 1.165) is 38.9 Å². The van der Waals surface area contributed by atoms with Gasteiger partial charge in [0, 0.05) is 19.3 Å². The van der Waals surface area contributed by atoms with Gasteiger partial charge in [0.25, 0.3) is 0 Å². The Morgan fingerprint density at radius 3 is 1.72 bits per heavy atom. The molecule has 2 N–H and O–H groups in total. The maximum atomic E-state index is 12.7. The Morgan fingerprint density at radius 1 is 0.667 bits per heavy atom. The molecule has 0 saturated carbocycles. The van der Waals surface area contributed by atoms with Crippen molar-refractivity contribution in [2.75, 3.05) is 86.4 Å². The molecule has 57 heavy (non-hydrogen) atoms. The van der Waals surface area contributed by atoms with Crippen LogP contribution in [0.2, 0.25) is 0 Å². The van der Waals surface area contributed by atoms with Crippen molar-refractivity contribution in [2.45, 2.75) is 25.9 Å². The van der Waals surface area contributed by atoms with Gasteiger partial charge in [0.1, 0.15) is 12.4 Å². The summed E-state index contributed by atoms with van der Waals surface area (Å²) in [5, 5.41) is 21.5. The van der Waals surface area contributed by atoms with Crippen LogP contribution in [0.3, 0.4) is 0 Å². The first-order valence-corrected chi connectivity index (χ1v) is 18.1. The van der Waals surface area contributed by atoms with E-state index in [-0.39, 0.29) is 188 Å². The molecule has 0 heterocycles. The Hall–Kier alpha value is -0.396. The maximum Gasteiger partial charge on any atom is 1.00 e. The van der Waals surface area contributed by atoms with E-state index < -0.39 is 11.4 Å². The van der Waals surface area contributed by atoms with Gasteiger partial charge in [-0.15, -0.1) is 17.2 Å².